The SMILES string of the molecule is CNC(=O)Cc1ccccc1NC(=O)c1sccc1SC. The molecule has 6 heteroatoms. The fourth-order valence-corrected chi connectivity index (χ4v) is 3.51. The predicted molar refractivity (Wildman–Crippen MR) is 88.3 cm³/mol. The predicted octanol–water partition coefficient (Wildman–Crippen LogP) is 3.01. The third-order valence-corrected chi connectivity index (χ3v) is 4.77. The van der Waals surface area contributed by atoms with E-state index in [4.69, 9.17) is 0 Å². The molecule has 2 rings (SSSR count). The van der Waals surface area contributed by atoms with Gasteiger partial charge in [-0.15, -0.1) is 23.1 Å². The van der Waals surface area contributed by atoms with Crippen LogP contribution in [0.25, 0.3) is 0 Å². The number of thioether (sulfide) groups is 1. The number of benzene rings is 1. The quantitative estimate of drug-likeness (QED) is 0.833. The Labute approximate surface area is 131 Å². The average molecular weight is 320 g/mol. The van der Waals surface area contributed by atoms with Crippen LogP contribution in [0.1, 0.15) is 15.2 Å². The van der Waals surface area contributed by atoms with Gasteiger partial charge >= 0.3 is 0 Å². The van der Waals surface area contributed by atoms with E-state index >= 15 is 0 Å². The van der Waals surface area contributed by atoms with Gasteiger partial charge in [-0.05, 0) is 29.3 Å². The van der Waals surface area contributed by atoms with Crippen LogP contribution in [0.2, 0.25) is 0 Å². The third kappa shape index (κ3) is 3.86. The molecule has 1 aromatic carbocycles. The van der Waals surface area contributed by atoms with E-state index in [1.165, 1.54) is 11.3 Å². The highest BCUT2D eigenvalue weighted by Gasteiger charge is 2.15. The molecule has 0 spiro atoms. The van der Waals surface area contributed by atoms with Gasteiger partial charge in [0.15, 0.2) is 0 Å². The Kier molecular flexibility index (Phi) is 5.41. The van der Waals surface area contributed by atoms with Crippen molar-refractivity contribution in [2.75, 3.05) is 18.6 Å². The fourth-order valence-electron chi connectivity index (χ4n) is 1.86. The molecule has 0 aliphatic carbocycles. The number of para-hydroxylation sites is 1. The molecule has 21 heavy (non-hydrogen) atoms. The summed E-state index contributed by atoms with van der Waals surface area (Å²) in [6.07, 6.45) is 2.19. The molecule has 0 fully saturated rings. The molecule has 1 heterocycles. The van der Waals surface area contributed by atoms with Crippen molar-refractivity contribution in [3.8, 4) is 0 Å². The molecule has 0 aliphatic heterocycles. The Morgan fingerprint density at radius 3 is 2.71 bits per heavy atom. The zero-order chi connectivity index (χ0) is 15.2. The molecule has 2 amide bonds. The number of hydrogen-bond donors (Lipinski definition) is 2. The summed E-state index contributed by atoms with van der Waals surface area (Å²) >= 11 is 2.96. The highest BCUT2D eigenvalue weighted by molar-refractivity contribution is 7.98. The number of thiophene rings is 1. The summed E-state index contributed by atoms with van der Waals surface area (Å²) in [6, 6.07) is 9.28. The van der Waals surface area contributed by atoms with E-state index < -0.39 is 0 Å². The molecular formula is C15H16N2O2S2. The van der Waals surface area contributed by atoms with E-state index in [2.05, 4.69) is 10.6 Å². The first-order valence-corrected chi connectivity index (χ1v) is 8.47. The molecule has 2 aromatic rings. The van der Waals surface area contributed by atoms with E-state index in [0.717, 1.165) is 10.5 Å². The molecule has 4 nitrogen and oxygen atoms in total. The molecule has 0 aliphatic rings. The molecule has 0 atom stereocenters. The number of likely N-dealkylation sites (N-methyl/N-ethyl adjacent to an activating group) is 1. The van der Waals surface area contributed by atoms with E-state index in [9.17, 15) is 9.59 Å². The molecule has 110 valence electrons. The summed E-state index contributed by atoms with van der Waals surface area (Å²) in [7, 11) is 1.60. The monoisotopic (exact) mass is 320 g/mol. The van der Waals surface area contributed by atoms with Gasteiger partial charge in [-0.25, -0.2) is 0 Å². The van der Waals surface area contributed by atoms with Crippen LogP contribution >= 0.6 is 23.1 Å². The van der Waals surface area contributed by atoms with Crippen LogP contribution in [0.15, 0.2) is 40.6 Å². The molecular weight excluding hydrogens is 304 g/mol. The lowest BCUT2D eigenvalue weighted by Crippen LogP contribution is -2.21. The topological polar surface area (TPSA) is 58.2 Å². The summed E-state index contributed by atoms with van der Waals surface area (Å²) in [5.41, 5.74) is 1.47. The Bertz CT molecular complexity index is 653. The Morgan fingerprint density at radius 1 is 1.24 bits per heavy atom. The Balaban J connectivity index is 2.19. The first kappa shape index (κ1) is 15.6. The van der Waals surface area contributed by atoms with Gasteiger partial charge < -0.3 is 10.6 Å². The third-order valence-electron chi connectivity index (χ3n) is 2.95. The minimum atomic E-state index is -0.140. The maximum absolute atomic E-state index is 12.3. The van der Waals surface area contributed by atoms with Crippen LogP contribution in [0, 0.1) is 0 Å². The van der Waals surface area contributed by atoms with Crippen LogP contribution in [-0.4, -0.2) is 25.1 Å². The number of nitrogens with one attached hydrogen (secondary N) is 2. The van der Waals surface area contributed by atoms with Gasteiger partial charge in [0.25, 0.3) is 5.91 Å². The second-order valence-electron chi connectivity index (χ2n) is 4.28. The van der Waals surface area contributed by atoms with Crippen molar-refractivity contribution in [1.82, 2.24) is 5.32 Å². The lowest BCUT2D eigenvalue weighted by molar-refractivity contribution is -0.119. The van der Waals surface area contributed by atoms with Crippen LogP contribution < -0.4 is 10.6 Å². The van der Waals surface area contributed by atoms with E-state index in [1.54, 1.807) is 18.8 Å². The van der Waals surface area contributed by atoms with Crippen molar-refractivity contribution in [3.05, 3.63) is 46.2 Å². The number of amides is 2. The molecule has 0 saturated heterocycles. The van der Waals surface area contributed by atoms with Crippen molar-refractivity contribution in [2.24, 2.45) is 0 Å². The van der Waals surface area contributed by atoms with Crippen molar-refractivity contribution >= 4 is 40.6 Å². The standard InChI is InChI=1S/C15H16N2O2S2/c1-16-13(18)9-10-5-3-4-6-11(10)17-15(19)14-12(20-2)7-8-21-14/h3-8H,9H2,1-2H3,(H,16,18)(H,17,19). The second-order valence-corrected chi connectivity index (χ2v) is 6.04. The van der Waals surface area contributed by atoms with E-state index in [1.807, 2.05) is 42.0 Å². The normalized spacial score (nSPS) is 10.2. The second kappa shape index (κ2) is 7.28. The van der Waals surface area contributed by atoms with Gasteiger partial charge in [-0.3, -0.25) is 9.59 Å². The lowest BCUT2D eigenvalue weighted by atomic mass is 10.1. The summed E-state index contributed by atoms with van der Waals surface area (Å²) in [6.45, 7) is 0. The maximum atomic E-state index is 12.3. The highest BCUT2D eigenvalue weighted by atomic mass is 32.2. The average Bonchev–Trinajstić information content (AvgIpc) is 2.97. The van der Waals surface area contributed by atoms with Crippen LogP contribution in [0.3, 0.4) is 0 Å². The molecule has 0 saturated carbocycles. The van der Waals surface area contributed by atoms with Crippen LogP contribution in [-0.2, 0) is 11.2 Å². The number of carbonyl (C=O) groups is 2. The van der Waals surface area contributed by atoms with Gasteiger partial charge in [0, 0.05) is 17.6 Å². The van der Waals surface area contributed by atoms with E-state index in [-0.39, 0.29) is 18.2 Å². The van der Waals surface area contributed by atoms with Crippen LogP contribution in [0.5, 0.6) is 0 Å². The van der Waals surface area contributed by atoms with Crippen LogP contribution in [0.4, 0.5) is 5.69 Å². The molecule has 0 radical (unpaired) electrons. The van der Waals surface area contributed by atoms with Crippen molar-refractivity contribution in [3.63, 3.8) is 0 Å². The van der Waals surface area contributed by atoms with Crippen molar-refractivity contribution in [2.45, 2.75) is 11.3 Å². The van der Waals surface area contributed by atoms with Crippen molar-refractivity contribution in [1.29, 1.82) is 0 Å². The molecule has 2 N–H and O–H groups in total. The minimum absolute atomic E-state index is 0.0855. The largest absolute Gasteiger partial charge is 0.359 e. The first-order valence-electron chi connectivity index (χ1n) is 6.37. The van der Waals surface area contributed by atoms with Gasteiger partial charge in [0.2, 0.25) is 5.91 Å². The number of carbonyl (C=O) groups excluding carboxylic acids is 2. The Hall–Kier alpha value is -1.79. The molecule has 0 unspecified atom stereocenters. The maximum Gasteiger partial charge on any atom is 0.266 e. The van der Waals surface area contributed by atoms with Gasteiger partial charge in [-0.1, -0.05) is 18.2 Å². The van der Waals surface area contributed by atoms with Gasteiger partial charge in [-0.2, -0.15) is 0 Å². The number of hydrogen-bond acceptors (Lipinski definition) is 4. The summed E-state index contributed by atoms with van der Waals surface area (Å²) in [4.78, 5) is 25.5. The molecule has 0 bridgehead atoms. The summed E-state index contributed by atoms with van der Waals surface area (Å²) in [5.74, 6) is -0.226. The first-order chi connectivity index (χ1) is 10.2. The smallest absolute Gasteiger partial charge is 0.266 e. The zero-order valence-electron chi connectivity index (χ0n) is 11.8. The Morgan fingerprint density at radius 2 is 2.00 bits per heavy atom. The number of rotatable bonds is 5. The number of anilines is 1. The molecule has 1 aromatic heterocycles. The summed E-state index contributed by atoms with van der Waals surface area (Å²) < 4.78 is 0. The highest BCUT2D eigenvalue weighted by Crippen LogP contribution is 2.27. The zero-order valence-corrected chi connectivity index (χ0v) is 13.4. The van der Waals surface area contributed by atoms with E-state index in [0.29, 0.717) is 10.6 Å². The summed E-state index contributed by atoms with van der Waals surface area (Å²) in [5, 5.41) is 7.38. The van der Waals surface area contributed by atoms with Gasteiger partial charge in [0.1, 0.15) is 4.88 Å². The minimum Gasteiger partial charge on any atom is -0.359 e. The fraction of sp³-hybridized carbons (Fsp3) is 0.200. The lowest BCUT2D eigenvalue weighted by Gasteiger charge is -2.10. The van der Waals surface area contributed by atoms with Crippen molar-refractivity contribution < 1.29 is 9.59 Å². The van der Waals surface area contributed by atoms with Gasteiger partial charge in [0.05, 0.1) is 6.42 Å².